The van der Waals surface area contributed by atoms with Crippen LogP contribution in [-0.4, -0.2) is 55.6 Å². The molecule has 2 rings (SSSR count). The van der Waals surface area contributed by atoms with Crippen molar-refractivity contribution in [3.63, 3.8) is 0 Å². The molecule has 0 amide bonds. The number of rotatable bonds is 5. The van der Waals surface area contributed by atoms with E-state index in [0.717, 1.165) is 12.5 Å². The number of likely N-dealkylation sites (N-methyl/N-ethyl adjacent to an activating group) is 1. The van der Waals surface area contributed by atoms with Crippen LogP contribution in [0.4, 0.5) is 0 Å². The van der Waals surface area contributed by atoms with Gasteiger partial charge in [-0.2, -0.15) is 0 Å². The van der Waals surface area contributed by atoms with Gasteiger partial charge in [0.2, 0.25) is 0 Å². The van der Waals surface area contributed by atoms with Gasteiger partial charge in [0.25, 0.3) is 0 Å². The molecule has 2 N–H and O–H groups in total. The van der Waals surface area contributed by atoms with Crippen molar-refractivity contribution in [1.82, 2.24) is 9.80 Å². The molecule has 0 aromatic carbocycles. The van der Waals surface area contributed by atoms with Gasteiger partial charge in [-0.3, -0.25) is 0 Å². The summed E-state index contributed by atoms with van der Waals surface area (Å²) in [6.07, 6.45) is 6.80. The number of hydrogen-bond donors (Lipinski definition) is 1. The predicted molar refractivity (Wildman–Crippen MR) is 91.4 cm³/mol. The molecular weight excluding hydrogens is 258 g/mol. The van der Waals surface area contributed by atoms with E-state index in [0.29, 0.717) is 17.4 Å². The molecule has 1 heterocycles. The number of nitrogens with two attached hydrogens (primary N) is 1. The van der Waals surface area contributed by atoms with Gasteiger partial charge in [-0.1, -0.05) is 20.8 Å². The molecule has 1 saturated carbocycles. The largest absolute Gasteiger partial charge is 0.330 e. The van der Waals surface area contributed by atoms with Crippen LogP contribution in [0, 0.1) is 17.3 Å². The molecule has 1 aliphatic heterocycles. The Morgan fingerprint density at radius 2 is 1.81 bits per heavy atom. The third-order valence-corrected chi connectivity index (χ3v) is 6.02. The third-order valence-electron chi connectivity index (χ3n) is 6.02. The average Bonchev–Trinajstić information content (AvgIpc) is 2.96. The van der Waals surface area contributed by atoms with E-state index in [1.807, 2.05) is 0 Å². The number of likely N-dealkylation sites (tertiary alicyclic amines) is 1. The summed E-state index contributed by atoms with van der Waals surface area (Å²) in [6.45, 7) is 13.1. The average molecular weight is 296 g/mol. The Morgan fingerprint density at radius 1 is 1.14 bits per heavy atom. The minimum Gasteiger partial charge on any atom is -0.330 e. The van der Waals surface area contributed by atoms with Crippen molar-refractivity contribution in [1.29, 1.82) is 0 Å². The summed E-state index contributed by atoms with van der Waals surface area (Å²) in [5.74, 6) is 1.55. The van der Waals surface area contributed by atoms with E-state index in [9.17, 15) is 0 Å². The van der Waals surface area contributed by atoms with Crippen molar-refractivity contribution >= 4 is 0 Å². The SMILES string of the molecule is CN(CCN1CCCC1)C1CC(C(C)(C)C)CCC1CN. The van der Waals surface area contributed by atoms with E-state index < -0.39 is 0 Å². The Labute approximate surface area is 132 Å². The molecule has 3 nitrogen and oxygen atoms in total. The highest BCUT2D eigenvalue weighted by Gasteiger charge is 2.37. The van der Waals surface area contributed by atoms with Crippen LogP contribution in [0.25, 0.3) is 0 Å². The second-order valence-electron chi connectivity index (χ2n) is 8.47. The first kappa shape index (κ1) is 17.2. The Hall–Kier alpha value is -0.120. The van der Waals surface area contributed by atoms with Crippen LogP contribution >= 0.6 is 0 Å². The van der Waals surface area contributed by atoms with Gasteiger partial charge < -0.3 is 15.5 Å². The van der Waals surface area contributed by atoms with E-state index in [1.54, 1.807) is 0 Å². The number of nitrogens with zero attached hydrogens (tertiary/aromatic N) is 2. The van der Waals surface area contributed by atoms with Crippen molar-refractivity contribution in [2.24, 2.45) is 23.0 Å². The molecule has 21 heavy (non-hydrogen) atoms. The van der Waals surface area contributed by atoms with Crippen molar-refractivity contribution in [3.8, 4) is 0 Å². The predicted octanol–water partition coefficient (Wildman–Crippen LogP) is 2.80. The highest BCUT2D eigenvalue weighted by molar-refractivity contribution is 4.90. The highest BCUT2D eigenvalue weighted by atomic mass is 15.2. The van der Waals surface area contributed by atoms with Crippen molar-refractivity contribution in [2.75, 3.05) is 39.8 Å². The molecule has 1 aliphatic carbocycles. The number of hydrogen-bond acceptors (Lipinski definition) is 3. The quantitative estimate of drug-likeness (QED) is 0.846. The minimum atomic E-state index is 0.438. The fourth-order valence-corrected chi connectivity index (χ4v) is 4.28. The topological polar surface area (TPSA) is 32.5 Å². The lowest BCUT2D eigenvalue weighted by atomic mass is 9.67. The van der Waals surface area contributed by atoms with Crippen LogP contribution in [0.15, 0.2) is 0 Å². The monoisotopic (exact) mass is 295 g/mol. The smallest absolute Gasteiger partial charge is 0.0136 e. The summed E-state index contributed by atoms with van der Waals surface area (Å²) in [7, 11) is 2.33. The zero-order valence-corrected chi connectivity index (χ0v) is 14.8. The van der Waals surface area contributed by atoms with Crippen LogP contribution in [-0.2, 0) is 0 Å². The van der Waals surface area contributed by atoms with Crippen molar-refractivity contribution in [3.05, 3.63) is 0 Å². The first-order valence-corrected chi connectivity index (χ1v) is 9.04. The summed E-state index contributed by atoms with van der Waals surface area (Å²) < 4.78 is 0. The summed E-state index contributed by atoms with van der Waals surface area (Å²) in [6, 6.07) is 0.690. The van der Waals surface area contributed by atoms with Gasteiger partial charge in [0.15, 0.2) is 0 Å². The summed E-state index contributed by atoms with van der Waals surface area (Å²) in [4.78, 5) is 5.24. The summed E-state index contributed by atoms with van der Waals surface area (Å²) in [5, 5.41) is 0. The molecule has 3 heteroatoms. The molecule has 0 aromatic rings. The Bertz CT molecular complexity index is 304. The minimum absolute atomic E-state index is 0.438. The van der Waals surface area contributed by atoms with Crippen LogP contribution in [0.1, 0.15) is 52.9 Å². The van der Waals surface area contributed by atoms with Crippen molar-refractivity contribution < 1.29 is 0 Å². The highest BCUT2D eigenvalue weighted by Crippen LogP contribution is 2.41. The van der Waals surface area contributed by atoms with E-state index >= 15 is 0 Å². The second-order valence-corrected chi connectivity index (χ2v) is 8.47. The molecule has 0 bridgehead atoms. The normalized spacial score (nSPS) is 32.0. The molecule has 3 unspecified atom stereocenters. The maximum Gasteiger partial charge on any atom is 0.0136 e. The van der Waals surface area contributed by atoms with Gasteiger partial charge in [-0.15, -0.1) is 0 Å². The van der Waals surface area contributed by atoms with Gasteiger partial charge in [0, 0.05) is 19.1 Å². The zero-order chi connectivity index (χ0) is 15.5. The van der Waals surface area contributed by atoms with Crippen LogP contribution in [0.3, 0.4) is 0 Å². The van der Waals surface area contributed by atoms with E-state index in [1.165, 1.54) is 58.3 Å². The molecule has 0 radical (unpaired) electrons. The molecule has 2 aliphatic rings. The van der Waals surface area contributed by atoms with Crippen LogP contribution in [0.5, 0.6) is 0 Å². The fourth-order valence-electron chi connectivity index (χ4n) is 4.28. The Balaban J connectivity index is 1.89. The maximum absolute atomic E-state index is 6.07. The maximum atomic E-state index is 6.07. The van der Waals surface area contributed by atoms with E-state index in [-0.39, 0.29) is 0 Å². The van der Waals surface area contributed by atoms with Gasteiger partial charge in [-0.05, 0) is 76.0 Å². The lowest BCUT2D eigenvalue weighted by Crippen LogP contribution is -2.48. The van der Waals surface area contributed by atoms with Crippen molar-refractivity contribution in [2.45, 2.75) is 58.9 Å². The third kappa shape index (κ3) is 4.67. The summed E-state index contributed by atoms with van der Waals surface area (Å²) in [5.41, 5.74) is 6.51. The standard InChI is InChI=1S/C18H37N3/c1-18(2,3)16-8-7-15(14-19)17(13-16)20(4)11-12-21-9-5-6-10-21/h15-17H,5-14,19H2,1-4H3. The van der Waals surface area contributed by atoms with Gasteiger partial charge in [0.1, 0.15) is 0 Å². The van der Waals surface area contributed by atoms with Gasteiger partial charge in [0.05, 0.1) is 0 Å². The lowest BCUT2D eigenvalue weighted by Gasteiger charge is -2.45. The molecule has 1 saturated heterocycles. The Morgan fingerprint density at radius 3 is 2.38 bits per heavy atom. The first-order valence-electron chi connectivity index (χ1n) is 9.04. The second kappa shape index (κ2) is 7.43. The first-order chi connectivity index (χ1) is 9.91. The molecule has 124 valence electrons. The molecule has 2 fully saturated rings. The lowest BCUT2D eigenvalue weighted by molar-refractivity contribution is 0.0552. The van der Waals surface area contributed by atoms with Crippen LogP contribution < -0.4 is 5.73 Å². The van der Waals surface area contributed by atoms with E-state index in [2.05, 4.69) is 37.6 Å². The van der Waals surface area contributed by atoms with Gasteiger partial charge in [-0.25, -0.2) is 0 Å². The van der Waals surface area contributed by atoms with Gasteiger partial charge >= 0.3 is 0 Å². The van der Waals surface area contributed by atoms with Crippen LogP contribution in [0.2, 0.25) is 0 Å². The zero-order valence-electron chi connectivity index (χ0n) is 14.8. The van der Waals surface area contributed by atoms with E-state index in [4.69, 9.17) is 5.73 Å². The molecular formula is C18H37N3. The Kier molecular flexibility index (Phi) is 6.10. The molecule has 3 atom stereocenters. The molecule has 0 spiro atoms. The fraction of sp³-hybridized carbons (Fsp3) is 1.00. The summed E-state index contributed by atoms with van der Waals surface area (Å²) >= 11 is 0. The molecule has 0 aromatic heterocycles.